The molecule has 2 aromatic rings. The van der Waals surface area contributed by atoms with E-state index in [0.717, 1.165) is 0 Å². The number of rotatable bonds is 11. The van der Waals surface area contributed by atoms with Crippen molar-refractivity contribution in [2.45, 2.75) is 43.4 Å². The van der Waals surface area contributed by atoms with Gasteiger partial charge in [-0.1, -0.05) is 49.6 Å². The Morgan fingerprint density at radius 3 is 2.49 bits per heavy atom. The molecule has 0 heterocycles. The zero-order valence-electron chi connectivity index (χ0n) is 19.8. The van der Waals surface area contributed by atoms with Crippen molar-refractivity contribution in [3.05, 3.63) is 60.2 Å². The number of hydrogen-bond acceptors (Lipinski definition) is 6. The third-order valence-electron chi connectivity index (χ3n) is 5.92. The number of hydrogen-bond donors (Lipinski definition) is 1. The summed E-state index contributed by atoms with van der Waals surface area (Å²) in [5.74, 6) is -0.341. The van der Waals surface area contributed by atoms with Gasteiger partial charge in [0.2, 0.25) is 5.91 Å². The van der Waals surface area contributed by atoms with Crippen LogP contribution in [0.25, 0.3) is 0 Å². The van der Waals surface area contributed by atoms with E-state index >= 15 is 0 Å². The molecule has 3 rings (SSSR count). The van der Waals surface area contributed by atoms with Crippen molar-refractivity contribution in [3.8, 4) is 6.07 Å². The van der Waals surface area contributed by atoms with Crippen LogP contribution in [0.5, 0.6) is 0 Å². The van der Waals surface area contributed by atoms with Crippen molar-refractivity contribution in [2.75, 3.05) is 30.3 Å². The second kappa shape index (κ2) is 14.2. The van der Waals surface area contributed by atoms with E-state index in [0.29, 0.717) is 28.6 Å². The first-order chi connectivity index (χ1) is 17.1. The van der Waals surface area contributed by atoms with E-state index in [2.05, 4.69) is 5.32 Å². The SMILES string of the molecule is N#CCCN(C(=O)COC(=O)c1ccccc1SCC(=O)NCC1CCCCC1)c1ccccc1. The van der Waals surface area contributed by atoms with Crippen LogP contribution in [0.2, 0.25) is 0 Å². The van der Waals surface area contributed by atoms with Gasteiger partial charge >= 0.3 is 5.97 Å². The van der Waals surface area contributed by atoms with E-state index in [1.54, 1.807) is 48.5 Å². The van der Waals surface area contributed by atoms with E-state index < -0.39 is 18.5 Å². The summed E-state index contributed by atoms with van der Waals surface area (Å²) >= 11 is 1.27. The first-order valence-corrected chi connectivity index (χ1v) is 12.9. The Bertz CT molecular complexity index is 1030. The summed E-state index contributed by atoms with van der Waals surface area (Å²) < 4.78 is 5.32. The van der Waals surface area contributed by atoms with Crippen LogP contribution in [0.4, 0.5) is 5.69 Å². The molecule has 0 bridgehead atoms. The van der Waals surface area contributed by atoms with Crippen molar-refractivity contribution in [2.24, 2.45) is 5.92 Å². The number of thioether (sulfide) groups is 1. The molecule has 0 atom stereocenters. The molecule has 7 nitrogen and oxygen atoms in total. The molecule has 0 radical (unpaired) electrons. The highest BCUT2D eigenvalue weighted by Crippen LogP contribution is 2.25. The number of nitriles is 1. The van der Waals surface area contributed by atoms with E-state index in [4.69, 9.17) is 10.00 Å². The Hall–Kier alpha value is -3.31. The van der Waals surface area contributed by atoms with E-state index in [9.17, 15) is 14.4 Å². The first kappa shape index (κ1) is 26.3. The molecule has 35 heavy (non-hydrogen) atoms. The molecular formula is C27H31N3O4S. The number of amides is 2. The largest absolute Gasteiger partial charge is 0.452 e. The third kappa shape index (κ3) is 8.45. The Morgan fingerprint density at radius 2 is 1.74 bits per heavy atom. The monoisotopic (exact) mass is 493 g/mol. The van der Waals surface area contributed by atoms with Gasteiger partial charge in [0.05, 0.1) is 23.8 Å². The summed E-state index contributed by atoms with van der Waals surface area (Å²) in [4.78, 5) is 39.9. The number of ether oxygens (including phenoxy) is 1. The summed E-state index contributed by atoms with van der Waals surface area (Å²) in [7, 11) is 0. The highest BCUT2D eigenvalue weighted by molar-refractivity contribution is 8.00. The predicted octanol–water partition coefficient (Wildman–Crippen LogP) is 4.58. The van der Waals surface area contributed by atoms with Gasteiger partial charge in [0.1, 0.15) is 0 Å². The van der Waals surface area contributed by atoms with Gasteiger partial charge in [-0.3, -0.25) is 9.59 Å². The van der Waals surface area contributed by atoms with Gasteiger partial charge < -0.3 is 15.0 Å². The topological polar surface area (TPSA) is 99.5 Å². The van der Waals surface area contributed by atoms with Crippen LogP contribution >= 0.6 is 11.8 Å². The average molecular weight is 494 g/mol. The maximum Gasteiger partial charge on any atom is 0.339 e. The molecule has 184 valence electrons. The molecule has 8 heteroatoms. The molecule has 0 spiro atoms. The van der Waals surface area contributed by atoms with Gasteiger partial charge in [-0.25, -0.2) is 4.79 Å². The predicted molar refractivity (Wildman–Crippen MR) is 136 cm³/mol. The normalized spacial score (nSPS) is 13.5. The van der Waals surface area contributed by atoms with Crippen LogP contribution in [-0.2, 0) is 14.3 Å². The van der Waals surface area contributed by atoms with Crippen LogP contribution in [0.15, 0.2) is 59.5 Å². The Morgan fingerprint density at radius 1 is 1.03 bits per heavy atom. The standard InChI is InChI=1S/C27H31N3O4S/c28-16-9-17-30(22-12-5-2-6-13-22)26(32)19-34-27(33)23-14-7-8-15-24(23)35-20-25(31)29-18-21-10-3-1-4-11-21/h2,5-8,12-15,21H,1,3-4,9-11,17-20H2,(H,29,31). The van der Waals surface area contributed by atoms with Crippen LogP contribution in [0, 0.1) is 17.2 Å². The molecule has 2 aromatic carbocycles. The summed E-state index contributed by atoms with van der Waals surface area (Å²) in [5.41, 5.74) is 0.952. The lowest BCUT2D eigenvalue weighted by molar-refractivity contribution is -0.121. The number of carbonyl (C=O) groups is 3. The highest BCUT2D eigenvalue weighted by atomic mass is 32.2. The Balaban J connectivity index is 1.53. The smallest absolute Gasteiger partial charge is 0.339 e. The maximum atomic E-state index is 12.8. The fraction of sp³-hybridized carbons (Fsp3) is 0.407. The minimum Gasteiger partial charge on any atom is -0.452 e. The molecule has 1 N–H and O–H groups in total. The molecule has 1 fully saturated rings. The number of nitrogens with one attached hydrogen (secondary N) is 1. The average Bonchev–Trinajstić information content (AvgIpc) is 2.91. The molecule has 1 aliphatic carbocycles. The number of anilines is 1. The third-order valence-corrected chi connectivity index (χ3v) is 6.99. The molecule has 0 aliphatic heterocycles. The van der Waals surface area contributed by atoms with Gasteiger partial charge in [-0.2, -0.15) is 5.26 Å². The van der Waals surface area contributed by atoms with E-state index in [1.165, 1.54) is 48.8 Å². The van der Waals surface area contributed by atoms with Crippen LogP contribution in [0.1, 0.15) is 48.9 Å². The second-order valence-electron chi connectivity index (χ2n) is 8.46. The fourth-order valence-corrected chi connectivity index (χ4v) is 4.93. The molecule has 0 aromatic heterocycles. The summed E-state index contributed by atoms with van der Waals surface area (Å²) in [6.45, 7) is 0.467. The second-order valence-corrected chi connectivity index (χ2v) is 9.48. The molecule has 1 saturated carbocycles. The summed E-state index contributed by atoms with van der Waals surface area (Å²) in [6.07, 6.45) is 6.24. The number of esters is 1. The fourth-order valence-electron chi connectivity index (χ4n) is 4.06. The number of benzene rings is 2. The van der Waals surface area contributed by atoms with Gasteiger partial charge in [0.15, 0.2) is 6.61 Å². The zero-order chi connectivity index (χ0) is 24.9. The Kier molecular flexibility index (Phi) is 10.6. The maximum absolute atomic E-state index is 12.8. The molecule has 0 unspecified atom stereocenters. The number of nitrogens with zero attached hydrogens (tertiary/aromatic N) is 2. The lowest BCUT2D eigenvalue weighted by atomic mass is 9.89. The van der Waals surface area contributed by atoms with Crippen molar-refractivity contribution in [3.63, 3.8) is 0 Å². The van der Waals surface area contributed by atoms with Crippen molar-refractivity contribution >= 4 is 35.2 Å². The minimum atomic E-state index is -0.627. The molecule has 2 amide bonds. The quantitative estimate of drug-likeness (QED) is 0.363. The van der Waals surface area contributed by atoms with Crippen molar-refractivity contribution in [1.29, 1.82) is 5.26 Å². The van der Waals surface area contributed by atoms with E-state index in [1.807, 2.05) is 12.1 Å². The van der Waals surface area contributed by atoms with Crippen LogP contribution in [0.3, 0.4) is 0 Å². The molecule has 1 aliphatic rings. The molecular weight excluding hydrogens is 462 g/mol. The van der Waals surface area contributed by atoms with Gasteiger partial charge in [-0.05, 0) is 43.0 Å². The van der Waals surface area contributed by atoms with Gasteiger partial charge in [-0.15, -0.1) is 11.8 Å². The zero-order valence-corrected chi connectivity index (χ0v) is 20.6. The van der Waals surface area contributed by atoms with Gasteiger partial charge in [0.25, 0.3) is 5.91 Å². The summed E-state index contributed by atoms with van der Waals surface area (Å²) in [5, 5.41) is 11.9. The Labute approximate surface area is 210 Å². The number of para-hydroxylation sites is 1. The lowest BCUT2D eigenvalue weighted by Crippen LogP contribution is -2.35. The summed E-state index contributed by atoms with van der Waals surface area (Å²) in [6, 6.07) is 17.9. The minimum absolute atomic E-state index is 0.0603. The van der Waals surface area contributed by atoms with Gasteiger partial charge in [0, 0.05) is 23.7 Å². The van der Waals surface area contributed by atoms with Crippen LogP contribution in [-0.4, -0.2) is 43.2 Å². The lowest BCUT2D eigenvalue weighted by Gasteiger charge is -2.22. The number of carbonyl (C=O) groups excluding carboxylic acids is 3. The first-order valence-electron chi connectivity index (χ1n) is 12.0. The van der Waals surface area contributed by atoms with Crippen LogP contribution < -0.4 is 10.2 Å². The van der Waals surface area contributed by atoms with Crippen molar-refractivity contribution in [1.82, 2.24) is 5.32 Å². The van der Waals surface area contributed by atoms with E-state index in [-0.39, 0.29) is 24.6 Å². The highest BCUT2D eigenvalue weighted by Gasteiger charge is 2.20. The van der Waals surface area contributed by atoms with Crippen molar-refractivity contribution < 1.29 is 19.1 Å². The molecule has 0 saturated heterocycles.